The number of fused-ring (bicyclic) bond motifs is 4. The summed E-state index contributed by atoms with van der Waals surface area (Å²) in [7, 11) is 2.38. The number of aliphatic hydroxyl groups is 16. The van der Waals surface area contributed by atoms with Crippen molar-refractivity contribution in [2.24, 2.45) is 39.4 Å². The van der Waals surface area contributed by atoms with E-state index in [1.807, 2.05) is 6.92 Å². The molecule has 0 aromatic carbocycles. The predicted molar refractivity (Wildman–Crippen MR) is 328 cm³/mol. The van der Waals surface area contributed by atoms with Crippen molar-refractivity contribution in [1.82, 2.24) is 0 Å². The first-order valence-electron chi connectivity index (χ1n) is 34.6. The van der Waals surface area contributed by atoms with Crippen LogP contribution in [0.2, 0.25) is 0 Å². The molecule has 0 radical (unpaired) electrons. The number of allylic oxidation sites excluding steroid dienone is 2. The summed E-state index contributed by atoms with van der Waals surface area (Å²) >= 11 is 0. The Morgan fingerprint density at radius 1 is 0.566 bits per heavy atom. The number of carbonyl (C=O) groups is 2. The van der Waals surface area contributed by atoms with Crippen molar-refractivity contribution in [3.05, 3.63) is 11.6 Å². The lowest BCUT2D eigenvalue weighted by atomic mass is 9.41. The van der Waals surface area contributed by atoms with Crippen LogP contribution in [0.5, 0.6) is 0 Å². The largest absolute Gasteiger partial charge is 0.458 e. The lowest BCUT2D eigenvalue weighted by molar-refractivity contribution is -0.394. The SMILES string of the molecule is CO[C@@H]1[C@@H](O)[C@H](O[C@@H]2[C@@H](O)[C@H](O[C@@H]3CO[C@@H](O[C@H]4CC[C@]5(C)C6=CCC78C(=O)O[C@@](C)(CCCC(C)(O)CO)[C@H]7C(=O)C[C@@]8(C)C6CCC5C4(C)C)[C@H](O[C@@H]4O[C@H](C)[C@@H](O[C@@H]5OC[C@@H](O)[C@H](O[C@@H]6O[C@H](CO)[C@@H](O)[C@H](OC)[C@H]6O)[C@H]5O)[C@H](O)[C@H]4O)[C@H]3O)O[C@H](CO)[C@H]2O)O[C@H](CO)[C@H]1O. The van der Waals surface area contributed by atoms with Gasteiger partial charge in [-0.2, -0.15) is 0 Å². The molecule has 33 nitrogen and oxygen atoms in total. The monoisotopic (exact) mass is 1430 g/mol. The summed E-state index contributed by atoms with van der Waals surface area (Å²) in [5, 5.41) is 177. The van der Waals surface area contributed by atoms with Gasteiger partial charge in [-0.3, -0.25) is 9.59 Å². The molecule has 11 rings (SSSR count). The smallest absolute Gasteiger partial charge is 0.314 e. The molecule has 33 heteroatoms. The summed E-state index contributed by atoms with van der Waals surface area (Å²) in [5.74, 6) is -1.40. The number of cyclic esters (lactones) is 1. The highest BCUT2D eigenvalue weighted by Gasteiger charge is 2.79. The van der Waals surface area contributed by atoms with Crippen LogP contribution in [0, 0.1) is 39.4 Å². The van der Waals surface area contributed by atoms with Gasteiger partial charge in [0.05, 0.1) is 68.8 Å². The van der Waals surface area contributed by atoms with E-state index in [4.69, 9.17) is 71.1 Å². The Hall–Kier alpha value is -2.32. The van der Waals surface area contributed by atoms with Gasteiger partial charge < -0.3 is 153 Å². The quantitative estimate of drug-likeness (QED) is 0.0274. The zero-order chi connectivity index (χ0) is 72.1. The van der Waals surface area contributed by atoms with Crippen LogP contribution in [0.25, 0.3) is 0 Å². The second-order valence-electron chi connectivity index (χ2n) is 30.9. The Labute approximate surface area is 572 Å². The van der Waals surface area contributed by atoms with E-state index in [1.54, 1.807) is 0 Å². The molecule has 7 aliphatic heterocycles. The first-order valence-corrected chi connectivity index (χ1v) is 34.6. The van der Waals surface area contributed by atoms with Gasteiger partial charge in [0.25, 0.3) is 0 Å². The van der Waals surface area contributed by atoms with Crippen LogP contribution in [-0.2, 0) is 80.6 Å². The van der Waals surface area contributed by atoms with E-state index in [1.165, 1.54) is 28.1 Å². The standard InChI is InChI=1S/C66H106O33/c1-26-47(95-54-43(79)48(30(72)23-87-54)96-57-44(80)49(85-8)37(73)31(20-67)91-57)41(77)42(78)55(89-26)98-52-40(76)34(93-56-46(82)51(39(75)33(22-69)90-56)97-58-45(81)50(86-9)38(74)32(21-68)92-58)24-88-59(52)94-36-14-17-63(5)27-13-18-66-53(65(7,99-60(66)83)16-10-15-62(4,84)25-70)29(71)19-64(66,6)28(27)11-12-35(63)61(36,2)3/h13,26,28,30-59,67-70,72-82,84H,10-12,14-25H2,1-9H3/t26-,28?,30-,31-,32-,33-,34-,35?,36+,37-,38-,39-,40+,41-,42-,43-,44-,45-,46-,47-,48+,49+,50+,51+,52-,53-,54+,55+,56+,57+,58+,59+,62?,63-,64+,65+,66?/m1/s1. The van der Waals surface area contributed by atoms with Crippen molar-refractivity contribution in [3.63, 3.8) is 0 Å². The minimum Gasteiger partial charge on any atom is -0.458 e. The highest BCUT2D eigenvalue weighted by atomic mass is 16.8. The summed E-state index contributed by atoms with van der Waals surface area (Å²) in [6.07, 6.45) is -41.2. The summed E-state index contributed by atoms with van der Waals surface area (Å²) < 4.78 is 89.8. The number of rotatable bonds is 22. The fourth-order valence-electron chi connectivity index (χ4n) is 18.9. The fourth-order valence-corrected chi connectivity index (χ4v) is 18.9. The molecule has 37 atom stereocenters. The van der Waals surface area contributed by atoms with Crippen molar-refractivity contribution < 1.29 is 162 Å². The van der Waals surface area contributed by atoms with E-state index in [0.717, 1.165) is 5.57 Å². The second-order valence-corrected chi connectivity index (χ2v) is 30.9. The molecule has 7 saturated heterocycles. The van der Waals surface area contributed by atoms with Gasteiger partial charge in [-0.05, 0) is 100 Å². The Balaban J connectivity index is 0.827. The maximum absolute atomic E-state index is 14.6. The summed E-state index contributed by atoms with van der Waals surface area (Å²) in [6.45, 7) is 9.33. The average Bonchev–Trinajstić information content (AvgIpc) is 1.52. The van der Waals surface area contributed by atoms with Crippen LogP contribution < -0.4 is 0 Å². The predicted octanol–water partition coefficient (Wildman–Crippen LogP) is -5.10. The number of hydrogen-bond donors (Lipinski definition) is 16. The van der Waals surface area contributed by atoms with E-state index in [-0.39, 0.29) is 36.9 Å². The molecule has 0 amide bonds. The molecule has 0 aromatic heterocycles. The fraction of sp³-hybridized carbons (Fsp3) is 0.939. The Morgan fingerprint density at radius 2 is 1.09 bits per heavy atom. The van der Waals surface area contributed by atoms with E-state index in [0.29, 0.717) is 38.5 Å². The number of methoxy groups -OCH3 is 2. The van der Waals surface area contributed by atoms with Crippen molar-refractivity contribution in [1.29, 1.82) is 0 Å². The van der Waals surface area contributed by atoms with E-state index in [2.05, 4.69) is 33.8 Å². The topological polar surface area (TPSA) is 496 Å². The maximum atomic E-state index is 14.6. The normalized spacial score (nSPS) is 52.0. The number of Topliss-reactive ketones (excluding diaryl/α,β-unsaturated/α-hetero) is 1. The first kappa shape index (κ1) is 77.8. The third kappa shape index (κ3) is 13.6. The van der Waals surface area contributed by atoms with Gasteiger partial charge in [0, 0.05) is 20.6 Å². The average molecular weight is 1430 g/mol. The van der Waals surface area contributed by atoms with Gasteiger partial charge in [-0.1, -0.05) is 39.3 Å². The molecule has 4 aliphatic carbocycles. The molecule has 4 unspecified atom stereocenters. The Bertz CT molecular complexity index is 2800. The van der Waals surface area contributed by atoms with E-state index in [9.17, 15) is 91.3 Å². The number of carbonyl (C=O) groups excluding carboxylic acids is 2. The number of esters is 1. The minimum absolute atomic E-state index is 0.0330. The second kappa shape index (κ2) is 29.8. The Morgan fingerprint density at radius 3 is 1.68 bits per heavy atom. The van der Waals surface area contributed by atoms with E-state index >= 15 is 0 Å². The minimum atomic E-state index is -2.04. The molecule has 1 spiro atoms. The van der Waals surface area contributed by atoms with Gasteiger partial charge in [-0.15, -0.1) is 0 Å². The molecule has 3 saturated carbocycles. The van der Waals surface area contributed by atoms with Crippen LogP contribution in [-0.4, -0.2) is 337 Å². The molecule has 7 heterocycles. The highest BCUT2D eigenvalue weighted by molar-refractivity contribution is 5.99. The van der Waals surface area contributed by atoms with Crippen molar-refractivity contribution >= 4 is 11.8 Å². The number of ketones is 1. The molecule has 0 aromatic rings. The number of hydrogen-bond acceptors (Lipinski definition) is 33. The van der Waals surface area contributed by atoms with Gasteiger partial charge in [0.1, 0.15) is 140 Å². The third-order valence-corrected chi connectivity index (χ3v) is 24.4. The van der Waals surface area contributed by atoms with Gasteiger partial charge in [0.15, 0.2) is 37.7 Å². The van der Waals surface area contributed by atoms with Crippen molar-refractivity contribution in [2.75, 3.05) is 53.9 Å². The molecule has 99 heavy (non-hydrogen) atoms. The Kier molecular flexibility index (Phi) is 23.4. The summed E-state index contributed by atoms with van der Waals surface area (Å²) in [6, 6.07) is 0. The zero-order valence-corrected chi connectivity index (χ0v) is 57.3. The zero-order valence-electron chi connectivity index (χ0n) is 57.3. The van der Waals surface area contributed by atoms with Crippen LogP contribution in [0.3, 0.4) is 0 Å². The molecule has 16 N–H and O–H groups in total. The van der Waals surface area contributed by atoms with Crippen molar-refractivity contribution in [3.8, 4) is 0 Å². The highest BCUT2D eigenvalue weighted by Crippen LogP contribution is 2.75. The van der Waals surface area contributed by atoms with Crippen LogP contribution in [0.4, 0.5) is 0 Å². The molecule has 11 aliphatic rings. The van der Waals surface area contributed by atoms with Crippen LogP contribution in [0.15, 0.2) is 11.6 Å². The van der Waals surface area contributed by atoms with Gasteiger partial charge in [-0.25, -0.2) is 0 Å². The lowest BCUT2D eigenvalue weighted by Gasteiger charge is -2.63. The van der Waals surface area contributed by atoms with Crippen LogP contribution >= 0.6 is 0 Å². The molecule has 568 valence electrons. The molecular formula is C66H106O33. The van der Waals surface area contributed by atoms with Gasteiger partial charge in [0.2, 0.25) is 0 Å². The third-order valence-electron chi connectivity index (χ3n) is 24.4. The van der Waals surface area contributed by atoms with Crippen LogP contribution in [0.1, 0.15) is 106 Å². The maximum Gasteiger partial charge on any atom is 0.314 e. The summed E-state index contributed by atoms with van der Waals surface area (Å²) in [4.78, 5) is 29.2. The summed E-state index contributed by atoms with van der Waals surface area (Å²) in [5.41, 5.74) is -4.39. The molecular weight excluding hydrogens is 1320 g/mol. The number of ether oxygens (including phenoxy) is 15. The molecule has 0 bridgehead atoms. The number of aliphatic hydroxyl groups excluding tert-OH is 15. The lowest BCUT2D eigenvalue weighted by Crippen LogP contribution is -2.67. The van der Waals surface area contributed by atoms with Crippen molar-refractivity contribution in [2.45, 2.75) is 296 Å². The van der Waals surface area contributed by atoms with Gasteiger partial charge >= 0.3 is 5.97 Å². The first-order chi connectivity index (χ1) is 46.6. The molecule has 10 fully saturated rings. The van der Waals surface area contributed by atoms with E-state index < -0.39 is 263 Å².